The van der Waals surface area contributed by atoms with Gasteiger partial charge < -0.3 is 15.2 Å². The predicted molar refractivity (Wildman–Crippen MR) is 74.3 cm³/mol. The Labute approximate surface area is 119 Å². The second-order valence-corrected chi connectivity index (χ2v) is 5.38. The molecule has 112 valence electrons. The number of carbonyl (C=O) groups excluding carboxylic acids is 1. The van der Waals surface area contributed by atoms with Crippen LogP contribution in [0.3, 0.4) is 0 Å². The summed E-state index contributed by atoms with van der Waals surface area (Å²) < 4.78 is 6.68. The molecule has 0 atom stereocenters. The molecule has 6 nitrogen and oxygen atoms in total. The normalized spacial score (nSPS) is 17.4. The highest BCUT2D eigenvalue weighted by Gasteiger charge is 2.30. The molecule has 1 saturated carbocycles. The number of aliphatic hydroxyl groups is 1. The fourth-order valence-electron chi connectivity index (χ4n) is 2.68. The van der Waals surface area contributed by atoms with E-state index in [2.05, 4.69) is 10.4 Å². The van der Waals surface area contributed by atoms with E-state index < -0.39 is 5.60 Å². The standard InChI is InChI=1S/C14H23N3O3/c1-3-20-13(18)11-8-16-17(2)12(11)9-15-10-14(19)6-4-5-7-14/h8,15,19H,3-7,9-10H2,1-2H3. The smallest absolute Gasteiger partial charge is 0.341 e. The molecule has 1 aliphatic rings. The van der Waals surface area contributed by atoms with Gasteiger partial charge >= 0.3 is 5.97 Å². The van der Waals surface area contributed by atoms with Gasteiger partial charge in [-0.3, -0.25) is 4.68 Å². The van der Waals surface area contributed by atoms with E-state index in [0.29, 0.717) is 25.3 Å². The average molecular weight is 281 g/mol. The number of hydrogen-bond acceptors (Lipinski definition) is 5. The summed E-state index contributed by atoms with van der Waals surface area (Å²) in [6, 6.07) is 0. The molecule has 0 aliphatic heterocycles. The van der Waals surface area contributed by atoms with E-state index >= 15 is 0 Å². The number of ether oxygens (including phenoxy) is 1. The summed E-state index contributed by atoms with van der Waals surface area (Å²) in [5.41, 5.74) is 0.674. The van der Waals surface area contributed by atoms with Crippen LogP contribution in [0.25, 0.3) is 0 Å². The van der Waals surface area contributed by atoms with Crippen molar-refractivity contribution in [3.8, 4) is 0 Å². The van der Waals surface area contributed by atoms with Gasteiger partial charge in [-0.2, -0.15) is 5.10 Å². The molecule has 1 fully saturated rings. The maximum Gasteiger partial charge on any atom is 0.341 e. The van der Waals surface area contributed by atoms with E-state index in [1.54, 1.807) is 18.7 Å². The summed E-state index contributed by atoms with van der Waals surface area (Å²) in [6.07, 6.45) is 5.38. The molecule has 0 bridgehead atoms. The number of esters is 1. The van der Waals surface area contributed by atoms with Crippen LogP contribution in [0, 0.1) is 0 Å². The van der Waals surface area contributed by atoms with Crippen molar-refractivity contribution in [2.45, 2.75) is 44.8 Å². The molecule has 20 heavy (non-hydrogen) atoms. The summed E-state index contributed by atoms with van der Waals surface area (Å²) in [4.78, 5) is 11.8. The fourth-order valence-corrected chi connectivity index (χ4v) is 2.68. The van der Waals surface area contributed by atoms with Crippen LogP contribution in [0.15, 0.2) is 6.20 Å². The molecule has 0 amide bonds. The van der Waals surface area contributed by atoms with Gasteiger partial charge in [-0.05, 0) is 19.8 Å². The second kappa shape index (κ2) is 6.37. The van der Waals surface area contributed by atoms with Gasteiger partial charge in [0, 0.05) is 20.1 Å². The molecular weight excluding hydrogens is 258 g/mol. The number of rotatable bonds is 6. The lowest BCUT2D eigenvalue weighted by molar-refractivity contribution is 0.0472. The van der Waals surface area contributed by atoms with E-state index in [1.165, 1.54) is 6.20 Å². The summed E-state index contributed by atoms with van der Waals surface area (Å²) in [5.74, 6) is -0.350. The molecule has 1 aromatic heterocycles. The van der Waals surface area contributed by atoms with Crippen molar-refractivity contribution in [3.63, 3.8) is 0 Å². The Morgan fingerprint density at radius 1 is 1.55 bits per heavy atom. The maximum absolute atomic E-state index is 11.8. The minimum absolute atomic E-state index is 0.348. The summed E-state index contributed by atoms with van der Waals surface area (Å²) >= 11 is 0. The molecule has 2 N–H and O–H groups in total. The third-order valence-corrected chi connectivity index (χ3v) is 3.84. The summed E-state index contributed by atoms with van der Waals surface area (Å²) in [5, 5.41) is 17.6. The highest BCUT2D eigenvalue weighted by atomic mass is 16.5. The second-order valence-electron chi connectivity index (χ2n) is 5.38. The first-order chi connectivity index (χ1) is 9.56. The van der Waals surface area contributed by atoms with Crippen LogP contribution in [-0.4, -0.2) is 39.6 Å². The Bertz CT molecular complexity index is 464. The monoisotopic (exact) mass is 281 g/mol. The fraction of sp³-hybridized carbons (Fsp3) is 0.714. The minimum atomic E-state index is -0.595. The van der Waals surface area contributed by atoms with Crippen LogP contribution in [0.5, 0.6) is 0 Å². The lowest BCUT2D eigenvalue weighted by atomic mass is 10.0. The predicted octanol–water partition coefficient (Wildman–Crippen LogP) is 0.991. The molecule has 1 heterocycles. The van der Waals surface area contributed by atoms with Crippen molar-refractivity contribution >= 4 is 5.97 Å². The van der Waals surface area contributed by atoms with Crippen LogP contribution < -0.4 is 5.32 Å². The number of nitrogens with one attached hydrogen (secondary N) is 1. The Kier molecular flexibility index (Phi) is 4.77. The molecule has 1 aromatic rings. The number of aryl methyl sites for hydroxylation is 1. The summed E-state index contributed by atoms with van der Waals surface area (Å²) in [7, 11) is 1.80. The quantitative estimate of drug-likeness (QED) is 0.761. The third kappa shape index (κ3) is 3.37. The number of nitrogens with zero attached hydrogens (tertiary/aromatic N) is 2. The number of hydrogen-bond donors (Lipinski definition) is 2. The van der Waals surface area contributed by atoms with E-state index in [4.69, 9.17) is 4.74 Å². The largest absolute Gasteiger partial charge is 0.462 e. The molecule has 0 unspecified atom stereocenters. The van der Waals surface area contributed by atoms with Gasteiger partial charge in [0.1, 0.15) is 5.56 Å². The molecular formula is C14H23N3O3. The van der Waals surface area contributed by atoms with Gasteiger partial charge in [0.25, 0.3) is 0 Å². The molecule has 0 aromatic carbocycles. The molecule has 1 aliphatic carbocycles. The zero-order valence-corrected chi connectivity index (χ0v) is 12.2. The van der Waals surface area contributed by atoms with Gasteiger partial charge in [0.15, 0.2) is 0 Å². The highest BCUT2D eigenvalue weighted by molar-refractivity contribution is 5.90. The van der Waals surface area contributed by atoms with Crippen LogP contribution in [0.4, 0.5) is 0 Å². The van der Waals surface area contributed by atoms with Gasteiger partial charge in [-0.25, -0.2) is 4.79 Å². The molecule has 0 radical (unpaired) electrons. The van der Waals surface area contributed by atoms with Crippen LogP contribution in [-0.2, 0) is 18.3 Å². The Morgan fingerprint density at radius 3 is 2.90 bits per heavy atom. The molecule has 0 saturated heterocycles. The van der Waals surface area contributed by atoms with E-state index in [1.807, 2.05) is 0 Å². The maximum atomic E-state index is 11.8. The molecule has 6 heteroatoms. The van der Waals surface area contributed by atoms with Gasteiger partial charge in [-0.1, -0.05) is 12.8 Å². The topological polar surface area (TPSA) is 76.4 Å². The molecule has 0 spiro atoms. The lowest BCUT2D eigenvalue weighted by Crippen LogP contribution is -2.38. The van der Waals surface area contributed by atoms with E-state index in [-0.39, 0.29) is 5.97 Å². The van der Waals surface area contributed by atoms with Crippen molar-refractivity contribution in [1.82, 2.24) is 15.1 Å². The summed E-state index contributed by atoms with van der Waals surface area (Å²) in [6.45, 7) is 3.16. The first-order valence-corrected chi connectivity index (χ1v) is 7.17. The SMILES string of the molecule is CCOC(=O)c1cnn(C)c1CNCC1(O)CCCC1. The first-order valence-electron chi connectivity index (χ1n) is 7.17. The van der Waals surface area contributed by atoms with Crippen molar-refractivity contribution in [2.24, 2.45) is 7.05 Å². The van der Waals surface area contributed by atoms with Gasteiger partial charge in [0.05, 0.1) is 24.1 Å². The first kappa shape index (κ1) is 15.0. The molecule has 2 rings (SSSR count). The lowest BCUT2D eigenvalue weighted by Gasteiger charge is -2.22. The van der Waals surface area contributed by atoms with Crippen LogP contribution in [0.2, 0.25) is 0 Å². The zero-order valence-electron chi connectivity index (χ0n) is 12.2. The third-order valence-electron chi connectivity index (χ3n) is 3.84. The Hall–Kier alpha value is -1.40. The average Bonchev–Trinajstić information content (AvgIpc) is 2.98. The van der Waals surface area contributed by atoms with Gasteiger partial charge in [-0.15, -0.1) is 0 Å². The van der Waals surface area contributed by atoms with Crippen molar-refractivity contribution in [1.29, 1.82) is 0 Å². The highest BCUT2D eigenvalue weighted by Crippen LogP contribution is 2.28. The number of carbonyl (C=O) groups is 1. The van der Waals surface area contributed by atoms with Crippen LogP contribution >= 0.6 is 0 Å². The van der Waals surface area contributed by atoms with Crippen LogP contribution in [0.1, 0.15) is 48.7 Å². The van der Waals surface area contributed by atoms with Crippen molar-refractivity contribution in [3.05, 3.63) is 17.5 Å². The van der Waals surface area contributed by atoms with Crippen molar-refractivity contribution < 1.29 is 14.6 Å². The number of aromatic nitrogens is 2. The van der Waals surface area contributed by atoms with Crippen molar-refractivity contribution in [2.75, 3.05) is 13.2 Å². The zero-order chi connectivity index (χ0) is 14.6. The Morgan fingerprint density at radius 2 is 2.25 bits per heavy atom. The van der Waals surface area contributed by atoms with E-state index in [0.717, 1.165) is 31.4 Å². The van der Waals surface area contributed by atoms with E-state index in [9.17, 15) is 9.90 Å². The Balaban J connectivity index is 1.95. The minimum Gasteiger partial charge on any atom is -0.462 e. The van der Waals surface area contributed by atoms with Gasteiger partial charge in [0.2, 0.25) is 0 Å².